The standard InChI is InChI=1S/C14H17BrO4/c1-2-18-8-3-9-19-13-6-4-11(10-12(13)15)5-7-14(16)17/h4-7,10H,2-3,8-9H2,1H3,(H,16,17). The van der Waals surface area contributed by atoms with Crippen molar-refractivity contribution in [2.75, 3.05) is 19.8 Å². The smallest absolute Gasteiger partial charge is 0.328 e. The van der Waals surface area contributed by atoms with E-state index in [0.29, 0.717) is 19.8 Å². The molecule has 0 fully saturated rings. The number of aliphatic carboxylic acids is 1. The third-order valence-corrected chi connectivity index (χ3v) is 2.89. The summed E-state index contributed by atoms with van der Waals surface area (Å²) < 4.78 is 11.6. The van der Waals surface area contributed by atoms with Crippen LogP contribution in [0.5, 0.6) is 5.75 Å². The topological polar surface area (TPSA) is 55.8 Å². The molecule has 0 unspecified atom stereocenters. The molecule has 0 aliphatic rings. The molecule has 5 heteroatoms. The minimum absolute atomic E-state index is 0.586. The van der Waals surface area contributed by atoms with Gasteiger partial charge in [0.1, 0.15) is 5.75 Å². The van der Waals surface area contributed by atoms with E-state index in [0.717, 1.165) is 28.3 Å². The number of rotatable bonds is 8. The summed E-state index contributed by atoms with van der Waals surface area (Å²) in [7, 11) is 0. The summed E-state index contributed by atoms with van der Waals surface area (Å²) >= 11 is 3.40. The molecule has 0 aromatic heterocycles. The second kappa shape index (κ2) is 8.72. The Kier molecular flexibility index (Phi) is 7.22. The summed E-state index contributed by atoms with van der Waals surface area (Å²) in [4.78, 5) is 10.4. The van der Waals surface area contributed by atoms with E-state index in [1.54, 1.807) is 0 Å². The van der Waals surface area contributed by atoms with Crippen molar-refractivity contribution in [2.45, 2.75) is 13.3 Å². The van der Waals surface area contributed by atoms with Gasteiger partial charge in [-0.25, -0.2) is 4.79 Å². The zero-order valence-corrected chi connectivity index (χ0v) is 12.4. The number of hydrogen-bond donors (Lipinski definition) is 1. The van der Waals surface area contributed by atoms with Crippen molar-refractivity contribution in [1.82, 2.24) is 0 Å². The van der Waals surface area contributed by atoms with E-state index >= 15 is 0 Å². The van der Waals surface area contributed by atoms with E-state index in [2.05, 4.69) is 15.9 Å². The Balaban J connectivity index is 2.50. The molecular weight excluding hydrogens is 312 g/mol. The molecule has 0 amide bonds. The monoisotopic (exact) mass is 328 g/mol. The van der Waals surface area contributed by atoms with Gasteiger partial charge < -0.3 is 14.6 Å². The lowest BCUT2D eigenvalue weighted by molar-refractivity contribution is -0.131. The maximum absolute atomic E-state index is 10.4. The first-order valence-corrected chi connectivity index (χ1v) is 6.84. The Morgan fingerprint density at radius 1 is 1.42 bits per heavy atom. The molecule has 1 rings (SSSR count). The molecule has 0 heterocycles. The fourth-order valence-corrected chi connectivity index (χ4v) is 1.90. The van der Waals surface area contributed by atoms with Crippen molar-refractivity contribution in [2.24, 2.45) is 0 Å². The van der Waals surface area contributed by atoms with E-state index < -0.39 is 5.97 Å². The van der Waals surface area contributed by atoms with Crippen LogP contribution in [0.4, 0.5) is 0 Å². The molecule has 19 heavy (non-hydrogen) atoms. The second-order valence-corrected chi connectivity index (χ2v) is 4.61. The first-order valence-electron chi connectivity index (χ1n) is 6.04. The van der Waals surface area contributed by atoms with Crippen LogP contribution >= 0.6 is 15.9 Å². The highest BCUT2D eigenvalue weighted by Gasteiger charge is 2.01. The zero-order valence-electron chi connectivity index (χ0n) is 10.8. The van der Waals surface area contributed by atoms with Gasteiger partial charge in [0, 0.05) is 25.7 Å². The highest BCUT2D eigenvalue weighted by molar-refractivity contribution is 9.10. The highest BCUT2D eigenvalue weighted by Crippen LogP contribution is 2.26. The lowest BCUT2D eigenvalue weighted by Crippen LogP contribution is -2.03. The Morgan fingerprint density at radius 2 is 2.21 bits per heavy atom. The maximum Gasteiger partial charge on any atom is 0.328 e. The number of carboxylic acid groups (broad SMARTS) is 1. The Morgan fingerprint density at radius 3 is 2.84 bits per heavy atom. The molecule has 4 nitrogen and oxygen atoms in total. The number of halogens is 1. The summed E-state index contributed by atoms with van der Waals surface area (Å²) in [6.07, 6.45) is 3.47. The minimum atomic E-state index is -0.965. The molecule has 104 valence electrons. The van der Waals surface area contributed by atoms with Crippen LogP contribution in [0.25, 0.3) is 6.08 Å². The van der Waals surface area contributed by atoms with E-state index in [9.17, 15) is 4.79 Å². The summed E-state index contributed by atoms with van der Waals surface area (Å²) in [5.74, 6) is -0.226. The van der Waals surface area contributed by atoms with Gasteiger partial charge in [-0.3, -0.25) is 0 Å². The highest BCUT2D eigenvalue weighted by atomic mass is 79.9. The molecule has 0 spiro atoms. The molecule has 0 saturated heterocycles. The second-order valence-electron chi connectivity index (χ2n) is 3.76. The number of carbonyl (C=O) groups is 1. The van der Waals surface area contributed by atoms with Crippen LogP contribution in [0.2, 0.25) is 0 Å². The Bertz CT molecular complexity index is 443. The van der Waals surface area contributed by atoms with Gasteiger partial charge in [-0.2, -0.15) is 0 Å². The molecule has 0 bridgehead atoms. The first kappa shape index (κ1) is 15.7. The van der Waals surface area contributed by atoms with E-state index in [-0.39, 0.29) is 0 Å². The molecule has 0 aliphatic heterocycles. The molecule has 0 atom stereocenters. The van der Waals surface area contributed by atoms with Crippen molar-refractivity contribution in [3.63, 3.8) is 0 Å². The zero-order chi connectivity index (χ0) is 14.1. The summed E-state index contributed by atoms with van der Waals surface area (Å²) in [5.41, 5.74) is 0.802. The van der Waals surface area contributed by atoms with Crippen LogP contribution in [-0.2, 0) is 9.53 Å². The van der Waals surface area contributed by atoms with E-state index in [1.807, 2.05) is 25.1 Å². The number of hydrogen-bond acceptors (Lipinski definition) is 3. The van der Waals surface area contributed by atoms with Crippen LogP contribution in [0.3, 0.4) is 0 Å². The predicted octanol–water partition coefficient (Wildman–Crippen LogP) is 3.35. The summed E-state index contributed by atoms with van der Waals surface area (Å²) in [5, 5.41) is 8.55. The van der Waals surface area contributed by atoms with E-state index in [1.165, 1.54) is 6.08 Å². The number of ether oxygens (including phenoxy) is 2. The number of benzene rings is 1. The van der Waals surface area contributed by atoms with Crippen LogP contribution in [0.1, 0.15) is 18.9 Å². The molecule has 0 radical (unpaired) electrons. The quantitative estimate of drug-likeness (QED) is 0.587. The normalized spacial score (nSPS) is 10.8. The Hall–Kier alpha value is -1.33. The van der Waals surface area contributed by atoms with Gasteiger partial charge in [-0.05, 0) is 46.6 Å². The average molecular weight is 329 g/mol. The van der Waals surface area contributed by atoms with Crippen molar-refractivity contribution in [3.05, 3.63) is 34.3 Å². The molecule has 1 aromatic carbocycles. The van der Waals surface area contributed by atoms with Crippen molar-refractivity contribution < 1.29 is 19.4 Å². The molecular formula is C14H17BrO4. The third-order valence-electron chi connectivity index (χ3n) is 2.27. The lowest BCUT2D eigenvalue weighted by Gasteiger charge is -2.08. The van der Waals surface area contributed by atoms with Gasteiger partial charge >= 0.3 is 5.97 Å². The predicted molar refractivity (Wildman–Crippen MR) is 77.4 cm³/mol. The lowest BCUT2D eigenvalue weighted by atomic mass is 10.2. The van der Waals surface area contributed by atoms with Gasteiger partial charge in [0.25, 0.3) is 0 Å². The largest absolute Gasteiger partial charge is 0.492 e. The molecule has 1 aromatic rings. The third kappa shape index (κ3) is 6.40. The van der Waals surface area contributed by atoms with Crippen LogP contribution < -0.4 is 4.74 Å². The summed E-state index contributed by atoms with van der Waals surface area (Å²) in [6.45, 7) is 3.95. The van der Waals surface area contributed by atoms with Crippen molar-refractivity contribution in [3.8, 4) is 5.75 Å². The van der Waals surface area contributed by atoms with Crippen molar-refractivity contribution >= 4 is 28.0 Å². The van der Waals surface area contributed by atoms with Crippen molar-refractivity contribution in [1.29, 1.82) is 0 Å². The SMILES string of the molecule is CCOCCCOc1ccc(C=CC(=O)O)cc1Br. The molecule has 1 N–H and O–H groups in total. The van der Waals surface area contributed by atoms with Crippen LogP contribution in [0, 0.1) is 0 Å². The fraction of sp³-hybridized carbons (Fsp3) is 0.357. The van der Waals surface area contributed by atoms with Gasteiger partial charge in [-0.1, -0.05) is 6.07 Å². The summed E-state index contributed by atoms with van der Waals surface area (Å²) in [6, 6.07) is 5.44. The van der Waals surface area contributed by atoms with Crippen LogP contribution in [-0.4, -0.2) is 30.9 Å². The maximum atomic E-state index is 10.4. The van der Waals surface area contributed by atoms with E-state index in [4.69, 9.17) is 14.6 Å². The van der Waals surface area contributed by atoms with Crippen LogP contribution in [0.15, 0.2) is 28.7 Å². The Labute approximate surface area is 121 Å². The molecule has 0 aliphatic carbocycles. The van der Waals surface area contributed by atoms with Gasteiger partial charge in [0.15, 0.2) is 0 Å². The van der Waals surface area contributed by atoms with Gasteiger partial charge in [-0.15, -0.1) is 0 Å². The van der Waals surface area contributed by atoms with Gasteiger partial charge in [0.05, 0.1) is 11.1 Å². The minimum Gasteiger partial charge on any atom is -0.492 e. The average Bonchev–Trinajstić information content (AvgIpc) is 2.38. The number of carboxylic acids is 1. The fourth-order valence-electron chi connectivity index (χ4n) is 1.39. The molecule has 0 saturated carbocycles. The van der Waals surface area contributed by atoms with Gasteiger partial charge in [0.2, 0.25) is 0 Å². The first-order chi connectivity index (χ1) is 9.13.